The SMILES string of the molecule is Cc1ncsc1-c1ccc(CNC(=O)[C@@H]2C[C@@H](O)CN2C(=O)[C@@H](NC(=O)C2CNCCO2)C(C)(C)C)cc1.Cl. The Morgan fingerprint density at radius 2 is 1.95 bits per heavy atom. The van der Waals surface area contributed by atoms with Gasteiger partial charge in [-0.2, -0.15) is 0 Å². The number of aliphatic hydroxyl groups excluding tert-OH is 1. The molecule has 0 saturated carbocycles. The van der Waals surface area contributed by atoms with Crippen LogP contribution in [0, 0.1) is 12.3 Å². The number of nitrogens with zero attached hydrogens (tertiary/aromatic N) is 2. The number of hydrogen-bond acceptors (Lipinski definition) is 8. The number of carbonyl (C=O) groups excluding carboxylic acids is 3. The Hall–Kier alpha value is -2.57. The van der Waals surface area contributed by atoms with Crippen LogP contribution in [0.15, 0.2) is 29.8 Å². The number of β-amino-alcohol motifs (C(OH)–C–C–N with tert-alkyl or cyclic N) is 1. The molecule has 1 aromatic heterocycles. The van der Waals surface area contributed by atoms with E-state index in [2.05, 4.69) is 20.9 Å². The van der Waals surface area contributed by atoms with Gasteiger partial charge in [-0.3, -0.25) is 14.4 Å². The Morgan fingerprint density at radius 3 is 2.54 bits per heavy atom. The van der Waals surface area contributed by atoms with Crippen molar-refractivity contribution in [2.75, 3.05) is 26.2 Å². The molecule has 1 aromatic carbocycles. The number of morpholine rings is 1. The molecule has 12 heteroatoms. The zero-order valence-electron chi connectivity index (χ0n) is 22.7. The molecule has 0 aliphatic carbocycles. The monoisotopic (exact) mass is 579 g/mol. The van der Waals surface area contributed by atoms with Crippen LogP contribution in [0.1, 0.15) is 38.4 Å². The van der Waals surface area contributed by atoms with Crippen LogP contribution < -0.4 is 16.0 Å². The van der Waals surface area contributed by atoms with Gasteiger partial charge < -0.3 is 30.7 Å². The van der Waals surface area contributed by atoms with E-state index < -0.39 is 35.6 Å². The first kappa shape index (κ1) is 31.0. The molecule has 3 heterocycles. The molecule has 2 fully saturated rings. The van der Waals surface area contributed by atoms with Crippen LogP contribution in [0.25, 0.3) is 10.4 Å². The third-order valence-electron chi connectivity index (χ3n) is 6.91. The van der Waals surface area contributed by atoms with Crippen molar-refractivity contribution in [2.24, 2.45) is 5.41 Å². The summed E-state index contributed by atoms with van der Waals surface area (Å²) in [6.07, 6.45) is -1.36. The van der Waals surface area contributed by atoms with E-state index in [-0.39, 0.29) is 37.2 Å². The maximum absolute atomic E-state index is 13.7. The second kappa shape index (κ2) is 13.2. The van der Waals surface area contributed by atoms with Crippen LogP contribution in [0.3, 0.4) is 0 Å². The van der Waals surface area contributed by atoms with Crippen LogP contribution in [-0.4, -0.2) is 83.2 Å². The van der Waals surface area contributed by atoms with Gasteiger partial charge in [0.1, 0.15) is 18.2 Å². The Balaban J connectivity index is 0.00000420. The van der Waals surface area contributed by atoms with Crippen molar-refractivity contribution in [1.29, 1.82) is 0 Å². The van der Waals surface area contributed by atoms with Crippen LogP contribution >= 0.6 is 23.7 Å². The predicted molar refractivity (Wildman–Crippen MR) is 152 cm³/mol. The van der Waals surface area contributed by atoms with Gasteiger partial charge in [0.2, 0.25) is 11.8 Å². The molecule has 214 valence electrons. The normalized spacial score (nSPS) is 22.1. The molecule has 0 bridgehead atoms. The lowest BCUT2D eigenvalue weighted by molar-refractivity contribution is -0.146. The van der Waals surface area contributed by atoms with Crippen LogP contribution in [0.2, 0.25) is 0 Å². The number of halogens is 1. The first-order chi connectivity index (χ1) is 18.0. The summed E-state index contributed by atoms with van der Waals surface area (Å²) < 4.78 is 5.54. The zero-order chi connectivity index (χ0) is 27.4. The Kier molecular flexibility index (Phi) is 10.5. The van der Waals surface area contributed by atoms with Crippen LogP contribution in [-0.2, 0) is 25.7 Å². The quantitative estimate of drug-likeness (QED) is 0.392. The van der Waals surface area contributed by atoms with Gasteiger partial charge in [-0.25, -0.2) is 4.98 Å². The number of aromatic nitrogens is 1. The van der Waals surface area contributed by atoms with E-state index in [1.165, 1.54) is 4.90 Å². The number of amides is 3. The van der Waals surface area contributed by atoms with Gasteiger partial charge in [-0.1, -0.05) is 45.0 Å². The highest BCUT2D eigenvalue weighted by Crippen LogP contribution is 2.28. The summed E-state index contributed by atoms with van der Waals surface area (Å²) in [5.74, 6) is -1.10. The van der Waals surface area contributed by atoms with E-state index in [1.54, 1.807) is 11.3 Å². The smallest absolute Gasteiger partial charge is 0.251 e. The van der Waals surface area contributed by atoms with E-state index in [9.17, 15) is 19.5 Å². The number of hydrogen-bond donors (Lipinski definition) is 4. The standard InChI is InChI=1S/C27H37N5O5S.ClH/c1-16-22(38-15-30-16)18-7-5-17(6-8-18)12-29-24(34)20-11-19(33)14-32(20)26(36)23(27(2,3)4)31-25(35)21-13-28-9-10-37-21;/h5-8,15,19-21,23,28,33H,9-14H2,1-4H3,(H,29,34)(H,31,35);1H/t19-,20+,21?,23-;/m1./s1. The summed E-state index contributed by atoms with van der Waals surface area (Å²) in [6, 6.07) is 6.19. The third-order valence-corrected chi connectivity index (χ3v) is 7.89. The van der Waals surface area contributed by atoms with Crippen molar-refractivity contribution < 1.29 is 24.2 Å². The van der Waals surface area contributed by atoms with Gasteiger partial charge in [0.05, 0.1) is 28.8 Å². The molecule has 2 aliphatic heterocycles. The van der Waals surface area contributed by atoms with Gasteiger partial charge in [-0.05, 0) is 23.5 Å². The lowest BCUT2D eigenvalue weighted by Gasteiger charge is -2.36. The predicted octanol–water partition coefficient (Wildman–Crippen LogP) is 1.64. The number of nitrogens with one attached hydrogen (secondary N) is 3. The molecule has 0 radical (unpaired) electrons. The largest absolute Gasteiger partial charge is 0.391 e. The van der Waals surface area contributed by atoms with Gasteiger partial charge in [-0.15, -0.1) is 23.7 Å². The number of aliphatic hydroxyl groups is 1. The fourth-order valence-electron chi connectivity index (χ4n) is 4.75. The fourth-order valence-corrected chi connectivity index (χ4v) is 5.56. The van der Waals surface area contributed by atoms with Gasteiger partial charge in [0.25, 0.3) is 5.91 Å². The highest BCUT2D eigenvalue weighted by Gasteiger charge is 2.45. The maximum Gasteiger partial charge on any atom is 0.251 e. The number of benzene rings is 1. The highest BCUT2D eigenvalue weighted by atomic mass is 35.5. The molecule has 4 N–H and O–H groups in total. The molecular formula is C27H38ClN5O5S. The van der Waals surface area contributed by atoms with Crippen molar-refractivity contribution >= 4 is 41.5 Å². The Morgan fingerprint density at radius 1 is 1.23 bits per heavy atom. The molecule has 4 atom stereocenters. The van der Waals surface area contributed by atoms with Crippen molar-refractivity contribution in [1.82, 2.24) is 25.8 Å². The van der Waals surface area contributed by atoms with Gasteiger partial charge >= 0.3 is 0 Å². The van der Waals surface area contributed by atoms with E-state index >= 15 is 0 Å². The number of ether oxygens (including phenoxy) is 1. The number of carbonyl (C=O) groups is 3. The molecule has 2 aromatic rings. The summed E-state index contributed by atoms with van der Waals surface area (Å²) in [4.78, 5) is 46.5. The second-order valence-corrected chi connectivity index (χ2v) is 11.8. The minimum atomic E-state index is -0.885. The molecule has 2 saturated heterocycles. The van der Waals surface area contributed by atoms with E-state index in [4.69, 9.17) is 4.74 Å². The molecule has 1 unspecified atom stereocenters. The van der Waals surface area contributed by atoms with Crippen molar-refractivity contribution in [2.45, 2.75) is 65.0 Å². The number of aryl methyl sites for hydroxylation is 1. The topological polar surface area (TPSA) is 133 Å². The first-order valence-corrected chi connectivity index (χ1v) is 13.8. The minimum absolute atomic E-state index is 0. The average Bonchev–Trinajstić information content (AvgIpc) is 3.50. The first-order valence-electron chi connectivity index (χ1n) is 12.9. The maximum atomic E-state index is 13.7. The highest BCUT2D eigenvalue weighted by molar-refractivity contribution is 7.13. The summed E-state index contributed by atoms with van der Waals surface area (Å²) in [7, 11) is 0. The number of likely N-dealkylation sites (tertiary alicyclic amines) is 1. The zero-order valence-corrected chi connectivity index (χ0v) is 24.4. The lowest BCUT2D eigenvalue weighted by atomic mass is 9.85. The van der Waals surface area contributed by atoms with E-state index in [1.807, 2.05) is 57.5 Å². The van der Waals surface area contributed by atoms with E-state index in [0.29, 0.717) is 26.2 Å². The summed E-state index contributed by atoms with van der Waals surface area (Å²) in [5, 5.41) is 19.2. The molecular weight excluding hydrogens is 542 g/mol. The third kappa shape index (κ3) is 7.55. The average molecular weight is 580 g/mol. The summed E-state index contributed by atoms with van der Waals surface area (Å²) >= 11 is 1.58. The molecule has 39 heavy (non-hydrogen) atoms. The summed E-state index contributed by atoms with van der Waals surface area (Å²) in [6.45, 7) is 9.32. The Bertz CT molecular complexity index is 1150. The van der Waals surface area contributed by atoms with E-state index in [0.717, 1.165) is 21.7 Å². The number of thiazole rings is 1. The summed E-state index contributed by atoms with van der Waals surface area (Å²) in [5.41, 5.74) is 4.16. The molecule has 10 nitrogen and oxygen atoms in total. The molecule has 0 spiro atoms. The Labute approximate surface area is 239 Å². The lowest BCUT2D eigenvalue weighted by Crippen LogP contribution is -2.60. The van der Waals surface area contributed by atoms with Crippen LogP contribution in [0.5, 0.6) is 0 Å². The minimum Gasteiger partial charge on any atom is -0.391 e. The van der Waals surface area contributed by atoms with Crippen molar-refractivity contribution in [3.8, 4) is 10.4 Å². The van der Waals surface area contributed by atoms with Crippen molar-refractivity contribution in [3.05, 3.63) is 41.0 Å². The van der Waals surface area contributed by atoms with Gasteiger partial charge in [0, 0.05) is 32.6 Å². The van der Waals surface area contributed by atoms with Crippen LogP contribution in [0.4, 0.5) is 0 Å². The molecule has 2 aliphatic rings. The van der Waals surface area contributed by atoms with Gasteiger partial charge in [0.15, 0.2) is 0 Å². The van der Waals surface area contributed by atoms with Crippen molar-refractivity contribution in [3.63, 3.8) is 0 Å². The number of rotatable bonds is 7. The molecule has 4 rings (SSSR count). The second-order valence-electron chi connectivity index (χ2n) is 10.9. The molecule has 3 amide bonds. The fraction of sp³-hybridized carbons (Fsp3) is 0.556.